The second kappa shape index (κ2) is 4.79. The Kier molecular flexibility index (Phi) is 2.79. The number of nitrogens with zero attached hydrogens (tertiary/aromatic N) is 1. The molecule has 0 aliphatic rings. The number of benzene rings is 2. The Hall–Kier alpha value is -2.52. The van der Waals surface area contributed by atoms with E-state index in [1.807, 2.05) is 54.6 Å². The topological polar surface area (TPSA) is 38.1 Å². The molecule has 0 saturated carbocycles. The van der Waals surface area contributed by atoms with Crippen LogP contribution in [0, 0.1) is 0 Å². The molecule has 0 aliphatic heterocycles. The lowest BCUT2D eigenvalue weighted by Gasteiger charge is -2.08. The van der Waals surface area contributed by atoms with Gasteiger partial charge in [0.25, 0.3) is 0 Å². The number of para-hydroxylation sites is 1. The van der Waals surface area contributed by atoms with Gasteiger partial charge < -0.3 is 9.73 Å². The predicted octanol–water partition coefficient (Wildman–Crippen LogP) is 5.38. The molecular weight excluding hydrogens is 284 g/mol. The number of fused-ring (bicyclic) bond motifs is 3. The molecule has 3 nitrogen and oxygen atoms in total. The molecule has 2 aromatic carbocycles. The van der Waals surface area contributed by atoms with Crippen LogP contribution in [0.4, 0.5) is 11.5 Å². The molecule has 0 amide bonds. The summed E-state index contributed by atoms with van der Waals surface area (Å²) in [7, 11) is 0. The first kappa shape index (κ1) is 12.2. The zero-order chi connectivity index (χ0) is 14.2. The minimum absolute atomic E-state index is 0.709. The Morgan fingerprint density at radius 2 is 1.71 bits per heavy atom. The predicted molar refractivity (Wildman–Crippen MR) is 86.2 cm³/mol. The number of nitrogens with one attached hydrogen (secondary N) is 1. The fourth-order valence-electron chi connectivity index (χ4n) is 2.41. The van der Waals surface area contributed by atoms with Crippen LogP contribution >= 0.6 is 11.6 Å². The first-order valence-corrected chi connectivity index (χ1v) is 6.97. The van der Waals surface area contributed by atoms with Gasteiger partial charge in [-0.3, -0.25) is 0 Å². The molecule has 0 fully saturated rings. The van der Waals surface area contributed by atoms with Crippen molar-refractivity contribution in [2.24, 2.45) is 0 Å². The summed E-state index contributed by atoms with van der Waals surface area (Å²) in [6.07, 6.45) is 1.69. The summed E-state index contributed by atoms with van der Waals surface area (Å²) in [5.74, 6) is 0.778. The number of hydrogen-bond donors (Lipinski definition) is 1. The summed E-state index contributed by atoms with van der Waals surface area (Å²) >= 11 is 5.91. The van der Waals surface area contributed by atoms with Gasteiger partial charge in [0, 0.05) is 16.1 Å². The van der Waals surface area contributed by atoms with Crippen LogP contribution in [0.3, 0.4) is 0 Å². The monoisotopic (exact) mass is 294 g/mol. The molecule has 21 heavy (non-hydrogen) atoms. The fraction of sp³-hybridized carbons (Fsp3) is 0. The Balaban J connectivity index is 1.90. The maximum absolute atomic E-state index is 5.91. The number of halogens is 1. The number of hydrogen-bond acceptors (Lipinski definition) is 3. The van der Waals surface area contributed by atoms with Crippen LogP contribution in [0.25, 0.3) is 21.9 Å². The van der Waals surface area contributed by atoms with Crippen molar-refractivity contribution >= 4 is 45.0 Å². The van der Waals surface area contributed by atoms with Gasteiger partial charge in [-0.25, -0.2) is 4.98 Å². The average molecular weight is 295 g/mol. The lowest BCUT2D eigenvalue weighted by atomic mass is 10.1. The second-order valence-electron chi connectivity index (χ2n) is 4.77. The second-order valence-corrected chi connectivity index (χ2v) is 5.21. The molecule has 2 aromatic heterocycles. The number of pyridine rings is 1. The normalized spacial score (nSPS) is 11.1. The Morgan fingerprint density at radius 1 is 0.905 bits per heavy atom. The van der Waals surface area contributed by atoms with Gasteiger partial charge in [-0.2, -0.15) is 0 Å². The SMILES string of the molecule is Clc1ccc(Nc2nc3ccccc3c3occc23)cc1. The molecule has 0 spiro atoms. The molecule has 102 valence electrons. The van der Waals surface area contributed by atoms with Gasteiger partial charge in [0.2, 0.25) is 0 Å². The molecular formula is C17H11ClN2O. The van der Waals surface area contributed by atoms with Crippen LogP contribution in [0.5, 0.6) is 0 Å². The van der Waals surface area contributed by atoms with Crippen molar-refractivity contribution in [2.75, 3.05) is 5.32 Å². The summed E-state index contributed by atoms with van der Waals surface area (Å²) in [6, 6.07) is 17.4. The van der Waals surface area contributed by atoms with Crippen molar-refractivity contribution < 1.29 is 4.42 Å². The van der Waals surface area contributed by atoms with E-state index in [2.05, 4.69) is 10.3 Å². The number of aromatic nitrogens is 1. The molecule has 0 radical (unpaired) electrons. The molecule has 4 rings (SSSR count). The van der Waals surface area contributed by atoms with E-state index in [1.54, 1.807) is 6.26 Å². The fourth-order valence-corrected chi connectivity index (χ4v) is 2.54. The molecule has 2 heterocycles. The minimum Gasteiger partial charge on any atom is -0.463 e. The van der Waals surface area contributed by atoms with Crippen molar-refractivity contribution in [2.45, 2.75) is 0 Å². The van der Waals surface area contributed by atoms with E-state index in [9.17, 15) is 0 Å². The molecule has 0 saturated heterocycles. The molecule has 1 N–H and O–H groups in total. The van der Waals surface area contributed by atoms with Gasteiger partial charge in [-0.15, -0.1) is 0 Å². The van der Waals surface area contributed by atoms with E-state index in [0.29, 0.717) is 5.02 Å². The smallest absolute Gasteiger partial charge is 0.146 e. The molecule has 4 aromatic rings. The molecule has 0 bridgehead atoms. The van der Waals surface area contributed by atoms with E-state index in [1.165, 1.54) is 0 Å². The molecule has 4 heteroatoms. The number of anilines is 2. The zero-order valence-electron chi connectivity index (χ0n) is 11.0. The molecule has 0 aliphatic carbocycles. The van der Waals surface area contributed by atoms with Crippen molar-refractivity contribution in [1.82, 2.24) is 4.98 Å². The standard InChI is InChI=1S/C17H11ClN2O/c18-11-5-7-12(8-6-11)19-17-14-9-10-21-16(14)13-3-1-2-4-15(13)20-17/h1-10H,(H,19,20). The van der Waals surface area contributed by atoms with E-state index < -0.39 is 0 Å². The van der Waals surface area contributed by atoms with E-state index >= 15 is 0 Å². The maximum Gasteiger partial charge on any atom is 0.146 e. The largest absolute Gasteiger partial charge is 0.463 e. The van der Waals surface area contributed by atoms with Crippen LogP contribution in [0.15, 0.2) is 65.3 Å². The summed E-state index contributed by atoms with van der Waals surface area (Å²) in [5.41, 5.74) is 2.68. The third-order valence-electron chi connectivity index (χ3n) is 3.41. The number of furan rings is 1. The third-order valence-corrected chi connectivity index (χ3v) is 3.66. The zero-order valence-corrected chi connectivity index (χ0v) is 11.8. The van der Waals surface area contributed by atoms with Gasteiger partial charge in [-0.05, 0) is 42.5 Å². The quantitative estimate of drug-likeness (QED) is 0.539. The lowest BCUT2D eigenvalue weighted by molar-refractivity contribution is 0.619. The highest BCUT2D eigenvalue weighted by Gasteiger charge is 2.10. The summed E-state index contributed by atoms with van der Waals surface area (Å²) < 4.78 is 5.63. The highest BCUT2D eigenvalue weighted by atomic mass is 35.5. The van der Waals surface area contributed by atoms with Gasteiger partial charge in [0.05, 0.1) is 17.2 Å². The van der Waals surface area contributed by atoms with Crippen molar-refractivity contribution in [1.29, 1.82) is 0 Å². The lowest BCUT2D eigenvalue weighted by Crippen LogP contribution is -1.94. The Morgan fingerprint density at radius 3 is 2.57 bits per heavy atom. The average Bonchev–Trinajstić information content (AvgIpc) is 3.00. The van der Waals surface area contributed by atoms with Gasteiger partial charge in [-0.1, -0.05) is 23.7 Å². The third kappa shape index (κ3) is 2.12. The van der Waals surface area contributed by atoms with Gasteiger partial charge in [0.1, 0.15) is 11.4 Å². The van der Waals surface area contributed by atoms with Crippen molar-refractivity contribution in [3.63, 3.8) is 0 Å². The molecule has 0 unspecified atom stereocenters. The summed E-state index contributed by atoms with van der Waals surface area (Å²) in [6.45, 7) is 0. The minimum atomic E-state index is 0.709. The van der Waals surface area contributed by atoms with Crippen molar-refractivity contribution in [3.8, 4) is 0 Å². The first-order valence-electron chi connectivity index (χ1n) is 6.60. The van der Waals surface area contributed by atoms with E-state index in [4.69, 9.17) is 16.0 Å². The van der Waals surface area contributed by atoms with Crippen LogP contribution in [0.2, 0.25) is 5.02 Å². The first-order chi connectivity index (χ1) is 10.3. The Bertz CT molecular complexity index is 928. The Labute approximate surface area is 126 Å². The van der Waals surface area contributed by atoms with Crippen molar-refractivity contribution in [3.05, 3.63) is 65.9 Å². The highest BCUT2D eigenvalue weighted by molar-refractivity contribution is 6.30. The van der Waals surface area contributed by atoms with Gasteiger partial charge in [0.15, 0.2) is 0 Å². The highest BCUT2D eigenvalue weighted by Crippen LogP contribution is 2.31. The van der Waals surface area contributed by atoms with E-state index in [0.717, 1.165) is 33.4 Å². The van der Waals surface area contributed by atoms with Gasteiger partial charge >= 0.3 is 0 Å². The van der Waals surface area contributed by atoms with E-state index in [-0.39, 0.29) is 0 Å². The summed E-state index contributed by atoms with van der Waals surface area (Å²) in [4.78, 5) is 4.69. The van der Waals surface area contributed by atoms with Crippen LogP contribution in [0.1, 0.15) is 0 Å². The van der Waals surface area contributed by atoms with Crippen LogP contribution in [-0.4, -0.2) is 4.98 Å². The summed E-state index contributed by atoms with van der Waals surface area (Å²) in [5, 5.41) is 6.01. The van der Waals surface area contributed by atoms with Crippen LogP contribution < -0.4 is 5.32 Å². The maximum atomic E-state index is 5.91. The molecule has 0 atom stereocenters. The van der Waals surface area contributed by atoms with Crippen LogP contribution in [-0.2, 0) is 0 Å². The number of rotatable bonds is 2.